The maximum absolute atomic E-state index is 12.1. The minimum absolute atomic E-state index is 0.0459. The fourth-order valence-corrected chi connectivity index (χ4v) is 2.24. The molecule has 6 nitrogen and oxygen atoms in total. The minimum atomic E-state index is -4.75. The smallest absolute Gasteiger partial charge is 0.483 e. The van der Waals surface area contributed by atoms with Gasteiger partial charge in [0.2, 0.25) is 0 Å². The maximum Gasteiger partial charge on any atom is 0.573 e. The molecular formula is C18H18F3N3O3S. The Hall–Kier alpha value is -3.01. The first kappa shape index (κ1) is 21.3. The number of anilines is 1. The van der Waals surface area contributed by atoms with Gasteiger partial charge in [-0.3, -0.25) is 15.6 Å². The maximum atomic E-state index is 12.1. The quantitative estimate of drug-likeness (QED) is 0.514. The van der Waals surface area contributed by atoms with Gasteiger partial charge in [0.05, 0.1) is 0 Å². The molecule has 0 atom stereocenters. The summed E-state index contributed by atoms with van der Waals surface area (Å²) >= 11 is 5.00. The van der Waals surface area contributed by atoms with Crippen LogP contribution in [0.4, 0.5) is 18.9 Å². The molecule has 0 aliphatic rings. The molecule has 0 bridgehead atoms. The van der Waals surface area contributed by atoms with Gasteiger partial charge in [0.15, 0.2) is 11.7 Å². The van der Waals surface area contributed by atoms with Crippen molar-refractivity contribution in [3.05, 3.63) is 53.6 Å². The van der Waals surface area contributed by atoms with Gasteiger partial charge in [0.1, 0.15) is 11.5 Å². The van der Waals surface area contributed by atoms with E-state index in [0.29, 0.717) is 11.4 Å². The summed E-state index contributed by atoms with van der Waals surface area (Å²) in [6.07, 6.45) is -4.75. The molecule has 0 aromatic heterocycles. The molecule has 0 radical (unpaired) electrons. The molecule has 0 saturated carbocycles. The zero-order valence-electron chi connectivity index (χ0n) is 15.0. The summed E-state index contributed by atoms with van der Waals surface area (Å²) in [7, 11) is 0. The first-order chi connectivity index (χ1) is 13.1. The average molecular weight is 413 g/mol. The molecule has 1 amide bonds. The van der Waals surface area contributed by atoms with Gasteiger partial charge in [0.25, 0.3) is 5.91 Å². The molecule has 0 aliphatic carbocycles. The third-order valence-electron chi connectivity index (χ3n) is 3.36. The molecule has 2 rings (SSSR count). The Kier molecular flexibility index (Phi) is 7.05. The fourth-order valence-electron chi connectivity index (χ4n) is 2.07. The molecule has 10 heteroatoms. The van der Waals surface area contributed by atoms with Gasteiger partial charge in [-0.2, -0.15) is 0 Å². The summed E-state index contributed by atoms with van der Waals surface area (Å²) in [5, 5.41) is 2.75. The van der Waals surface area contributed by atoms with Gasteiger partial charge in [-0.15, -0.1) is 13.2 Å². The molecule has 0 aliphatic heterocycles. The zero-order chi connectivity index (χ0) is 20.7. The summed E-state index contributed by atoms with van der Waals surface area (Å²) in [6, 6.07) is 10.6. The Labute approximate surface area is 165 Å². The van der Waals surface area contributed by atoms with E-state index in [0.717, 1.165) is 23.3 Å². The van der Waals surface area contributed by atoms with Crippen molar-refractivity contribution >= 4 is 28.9 Å². The van der Waals surface area contributed by atoms with Crippen LogP contribution in [0.15, 0.2) is 42.5 Å². The number of halogens is 3. The van der Waals surface area contributed by atoms with Crippen molar-refractivity contribution in [2.24, 2.45) is 0 Å². The predicted octanol–water partition coefficient (Wildman–Crippen LogP) is 3.60. The molecule has 150 valence electrons. The Morgan fingerprint density at radius 2 is 1.75 bits per heavy atom. The number of rotatable bonds is 5. The van der Waals surface area contributed by atoms with Crippen LogP contribution in [-0.4, -0.2) is 24.0 Å². The van der Waals surface area contributed by atoms with E-state index < -0.39 is 12.3 Å². The van der Waals surface area contributed by atoms with Gasteiger partial charge in [-0.25, -0.2) is 0 Å². The van der Waals surface area contributed by atoms with Crippen LogP contribution in [0.1, 0.15) is 11.1 Å². The monoisotopic (exact) mass is 413 g/mol. The summed E-state index contributed by atoms with van der Waals surface area (Å²) in [6.45, 7) is 3.57. The highest BCUT2D eigenvalue weighted by molar-refractivity contribution is 7.80. The second-order valence-corrected chi connectivity index (χ2v) is 6.17. The standard InChI is InChI=1S/C18H18F3N3O3S/c1-11-3-4-12(2)15(9-11)26-10-16(25)23-24-17(28)22-13-5-7-14(8-6-13)27-18(19,20)21/h3-9H,10H2,1-2H3,(H,23,25)(H2,22,24,28). The largest absolute Gasteiger partial charge is 0.573 e. The van der Waals surface area contributed by atoms with Crippen molar-refractivity contribution in [3.8, 4) is 11.5 Å². The number of hydrogen-bond donors (Lipinski definition) is 3. The van der Waals surface area contributed by atoms with Crippen LogP contribution in [0.5, 0.6) is 11.5 Å². The second kappa shape index (κ2) is 9.27. The molecule has 0 heterocycles. The van der Waals surface area contributed by atoms with Crippen molar-refractivity contribution in [2.75, 3.05) is 11.9 Å². The highest BCUT2D eigenvalue weighted by Crippen LogP contribution is 2.24. The van der Waals surface area contributed by atoms with E-state index in [-0.39, 0.29) is 17.5 Å². The molecule has 0 saturated heterocycles. The molecule has 2 aromatic rings. The van der Waals surface area contributed by atoms with Crippen molar-refractivity contribution in [1.29, 1.82) is 0 Å². The van der Waals surface area contributed by atoms with E-state index in [4.69, 9.17) is 17.0 Å². The molecule has 0 fully saturated rings. The van der Waals surface area contributed by atoms with Gasteiger partial charge in [0, 0.05) is 5.69 Å². The molecule has 28 heavy (non-hydrogen) atoms. The molecule has 3 N–H and O–H groups in total. The van der Waals surface area contributed by atoms with Crippen LogP contribution in [0.25, 0.3) is 0 Å². The SMILES string of the molecule is Cc1ccc(C)c(OCC(=O)NNC(=S)Nc2ccc(OC(F)(F)F)cc2)c1. The van der Waals surface area contributed by atoms with Crippen LogP contribution in [-0.2, 0) is 4.79 Å². The van der Waals surface area contributed by atoms with Crippen molar-refractivity contribution in [2.45, 2.75) is 20.2 Å². The highest BCUT2D eigenvalue weighted by Gasteiger charge is 2.30. The third kappa shape index (κ3) is 7.31. The normalized spacial score (nSPS) is 10.8. The summed E-state index contributed by atoms with van der Waals surface area (Å²) < 4.78 is 45.6. The van der Waals surface area contributed by atoms with E-state index in [1.165, 1.54) is 12.1 Å². The summed E-state index contributed by atoms with van der Waals surface area (Å²) in [4.78, 5) is 11.8. The predicted molar refractivity (Wildman–Crippen MR) is 102 cm³/mol. The Morgan fingerprint density at radius 1 is 1.07 bits per heavy atom. The van der Waals surface area contributed by atoms with E-state index >= 15 is 0 Å². The van der Waals surface area contributed by atoms with E-state index in [2.05, 4.69) is 20.9 Å². The molecule has 0 unspecified atom stereocenters. The minimum Gasteiger partial charge on any atom is -0.483 e. The molecular weight excluding hydrogens is 395 g/mol. The highest BCUT2D eigenvalue weighted by atomic mass is 32.1. The lowest BCUT2D eigenvalue weighted by Crippen LogP contribution is -2.45. The number of nitrogens with one attached hydrogen (secondary N) is 3. The molecule has 2 aromatic carbocycles. The second-order valence-electron chi connectivity index (χ2n) is 5.76. The van der Waals surface area contributed by atoms with Crippen molar-refractivity contribution in [1.82, 2.24) is 10.9 Å². The first-order valence-corrected chi connectivity index (χ1v) is 8.45. The van der Waals surface area contributed by atoms with E-state index in [9.17, 15) is 18.0 Å². The van der Waals surface area contributed by atoms with E-state index in [1.54, 1.807) is 0 Å². The van der Waals surface area contributed by atoms with Crippen LogP contribution < -0.4 is 25.6 Å². The fraction of sp³-hybridized carbons (Fsp3) is 0.222. The van der Waals surface area contributed by atoms with Crippen LogP contribution >= 0.6 is 12.2 Å². The van der Waals surface area contributed by atoms with Crippen LogP contribution in [0.2, 0.25) is 0 Å². The third-order valence-corrected chi connectivity index (χ3v) is 3.57. The number of ether oxygens (including phenoxy) is 2. The lowest BCUT2D eigenvalue weighted by molar-refractivity contribution is -0.274. The number of thiocarbonyl (C=S) groups is 1. The number of carbonyl (C=O) groups is 1. The van der Waals surface area contributed by atoms with Gasteiger partial charge in [-0.1, -0.05) is 12.1 Å². The molecule has 0 spiro atoms. The number of benzene rings is 2. The van der Waals surface area contributed by atoms with Crippen molar-refractivity contribution in [3.63, 3.8) is 0 Å². The number of aryl methyl sites for hydroxylation is 2. The number of carbonyl (C=O) groups excluding carboxylic acids is 1. The van der Waals surface area contributed by atoms with Gasteiger partial charge in [-0.05, 0) is 67.5 Å². The topological polar surface area (TPSA) is 71.6 Å². The Bertz CT molecular complexity index is 842. The number of alkyl halides is 3. The van der Waals surface area contributed by atoms with Crippen LogP contribution in [0, 0.1) is 13.8 Å². The first-order valence-electron chi connectivity index (χ1n) is 8.04. The number of hydrazine groups is 1. The van der Waals surface area contributed by atoms with Crippen LogP contribution in [0.3, 0.4) is 0 Å². The summed E-state index contributed by atoms with van der Waals surface area (Å²) in [5.41, 5.74) is 7.16. The zero-order valence-corrected chi connectivity index (χ0v) is 15.8. The number of hydrogen-bond acceptors (Lipinski definition) is 4. The Balaban J connectivity index is 1.75. The van der Waals surface area contributed by atoms with Gasteiger partial charge >= 0.3 is 6.36 Å². The van der Waals surface area contributed by atoms with E-state index in [1.807, 2.05) is 32.0 Å². The number of amides is 1. The summed E-state index contributed by atoms with van der Waals surface area (Å²) in [5.74, 6) is -0.204. The average Bonchev–Trinajstić information content (AvgIpc) is 2.61. The Morgan fingerprint density at radius 3 is 2.39 bits per heavy atom. The van der Waals surface area contributed by atoms with Gasteiger partial charge < -0.3 is 14.8 Å². The van der Waals surface area contributed by atoms with Crippen molar-refractivity contribution < 1.29 is 27.4 Å². The lowest BCUT2D eigenvalue weighted by Gasteiger charge is -2.13. The lowest BCUT2D eigenvalue weighted by atomic mass is 10.1.